The predicted molar refractivity (Wildman–Crippen MR) is 127 cm³/mol. The van der Waals surface area contributed by atoms with E-state index in [1.807, 2.05) is 41.0 Å². The lowest BCUT2D eigenvalue weighted by Crippen LogP contribution is -2.16. The van der Waals surface area contributed by atoms with E-state index in [0.29, 0.717) is 45.5 Å². The van der Waals surface area contributed by atoms with Crippen LogP contribution in [0.25, 0.3) is 39.5 Å². The summed E-state index contributed by atoms with van der Waals surface area (Å²) in [5.41, 5.74) is 10.6. The van der Waals surface area contributed by atoms with Gasteiger partial charge in [-0.1, -0.05) is 12.1 Å². The fraction of sp³-hybridized carbons (Fsp3) is 0.0833. The molecule has 0 fully saturated rings. The molecule has 0 aliphatic heterocycles. The number of pyridine rings is 3. The second-order valence-corrected chi connectivity index (χ2v) is 7.66. The Hall–Kier alpha value is -4.04. The molecule has 0 saturated heterocycles. The number of nitrogens with two attached hydrogens (primary N) is 1. The lowest BCUT2D eigenvalue weighted by atomic mass is 10.2. The van der Waals surface area contributed by atoms with Gasteiger partial charge in [-0.15, -0.1) is 11.6 Å². The Morgan fingerprint density at radius 1 is 1.00 bits per heavy atom. The van der Waals surface area contributed by atoms with Gasteiger partial charge in [0.2, 0.25) is 0 Å². The third-order valence-electron chi connectivity index (χ3n) is 5.34. The maximum absolute atomic E-state index is 13.2. The summed E-state index contributed by atoms with van der Waals surface area (Å²) in [6.45, 7) is -0.912. The summed E-state index contributed by atoms with van der Waals surface area (Å²) >= 11 is 5.96. The molecule has 9 heteroatoms. The van der Waals surface area contributed by atoms with Gasteiger partial charge in [-0.3, -0.25) is 13.9 Å². The maximum atomic E-state index is 13.2. The highest BCUT2D eigenvalue weighted by atomic mass is 35.5. The van der Waals surface area contributed by atoms with Gasteiger partial charge >= 0.3 is 0 Å². The Morgan fingerprint density at radius 3 is 2.55 bits per heavy atom. The van der Waals surface area contributed by atoms with Crippen molar-refractivity contribution in [3.05, 3.63) is 89.0 Å². The average molecular weight is 461 g/mol. The molecule has 2 N–H and O–H groups in total. The van der Waals surface area contributed by atoms with Gasteiger partial charge in [0, 0.05) is 35.6 Å². The van der Waals surface area contributed by atoms with Crippen LogP contribution in [0.2, 0.25) is 0 Å². The van der Waals surface area contributed by atoms with E-state index in [1.54, 1.807) is 24.4 Å². The summed E-state index contributed by atoms with van der Waals surface area (Å²) in [5, 5.41) is 0. The summed E-state index contributed by atoms with van der Waals surface area (Å²) < 4.78 is 16.1. The van der Waals surface area contributed by atoms with Crippen molar-refractivity contribution in [1.29, 1.82) is 0 Å². The van der Waals surface area contributed by atoms with E-state index in [4.69, 9.17) is 27.3 Å². The van der Waals surface area contributed by atoms with Crippen LogP contribution in [-0.4, -0.2) is 24.1 Å². The standard InChI is InChI=1S/C24H18ClFN6O/c25-12-15-3-6-17(7-4-15)32-23(18-2-1-11-28-22(18)27)30-20-9-8-19(29-24(20)32)16-5-10-21(33)31(13-16)14-26/h1-11,13H,12,14H2,(H2,27,28). The molecule has 0 spiro atoms. The van der Waals surface area contributed by atoms with Crippen molar-refractivity contribution in [3.8, 4) is 28.3 Å². The van der Waals surface area contributed by atoms with Crippen LogP contribution in [0.1, 0.15) is 5.56 Å². The Balaban J connectivity index is 1.77. The Kier molecular flexibility index (Phi) is 5.35. The molecule has 5 rings (SSSR count). The highest BCUT2D eigenvalue weighted by Gasteiger charge is 2.18. The summed E-state index contributed by atoms with van der Waals surface area (Å²) in [6.07, 6.45) is 3.07. The van der Waals surface area contributed by atoms with Crippen molar-refractivity contribution in [1.82, 2.24) is 24.1 Å². The molecule has 1 aromatic carbocycles. The lowest BCUT2D eigenvalue weighted by molar-refractivity contribution is 0.369. The molecular formula is C24H18ClFN6O. The van der Waals surface area contributed by atoms with Gasteiger partial charge in [0.25, 0.3) is 5.56 Å². The molecule has 0 unspecified atom stereocenters. The molecule has 4 aromatic heterocycles. The van der Waals surface area contributed by atoms with E-state index in [0.717, 1.165) is 15.8 Å². The molecule has 0 aliphatic rings. The minimum atomic E-state index is -0.912. The van der Waals surface area contributed by atoms with Crippen LogP contribution in [0.15, 0.2) is 77.9 Å². The summed E-state index contributed by atoms with van der Waals surface area (Å²) in [5.74, 6) is 1.34. The van der Waals surface area contributed by atoms with Gasteiger partial charge in [0.05, 0.1) is 11.3 Å². The van der Waals surface area contributed by atoms with Crippen LogP contribution < -0.4 is 11.3 Å². The quantitative estimate of drug-likeness (QED) is 0.388. The smallest absolute Gasteiger partial charge is 0.252 e. The first kappa shape index (κ1) is 20.8. The molecule has 7 nitrogen and oxygen atoms in total. The number of benzene rings is 1. The number of alkyl halides is 2. The molecular weight excluding hydrogens is 443 g/mol. The number of hydrogen-bond donors (Lipinski definition) is 1. The number of halogens is 2. The first-order chi connectivity index (χ1) is 16.1. The highest BCUT2D eigenvalue weighted by Crippen LogP contribution is 2.31. The van der Waals surface area contributed by atoms with Gasteiger partial charge in [0.15, 0.2) is 18.3 Å². The van der Waals surface area contributed by atoms with E-state index in [9.17, 15) is 9.18 Å². The van der Waals surface area contributed by atoms with E-state index < -0.39 is 12.4 Å². The van der Waals surface area contributed by atoms with Crippen LogP contribution in [0.4, 0.5) is 10.2 Å². The zero-order chi connectivity index (χ0) is 22.9. The average Bonchev–Trinajstić information content (AvgIpc) is 3.23. The lowest BCUT2D eigenvalue weighted by Gasteiger charge is -2.11. The SMILES string of the molecule is Nc1ncccc1-c1nc2ccc(-c3ccc(=O)n(CF)c3)nc2n1-c1ccc(CCl)cc1. The van der Waals surface area contributed by atoms with Crippen molar-refractivity contribution in [2.75, 3.05) is 5.73 Å². The van der Waals surface area contributed by atoms with Crippen LogP contribution >= 0.6 is 11.6 Å². The fourth-order valence-electron chi connectivity index (χ4n) is 3.66. The monoisotopic (exact) mass is 460 g/mol. The minimum absolute atomic E-state index is 0.349. The summed E-state index contributed by atoms with van der Waals surface area (Å²) in [4.78, 5) is 25.6. The number of nitrogens with zero attached hydrogens (tertiary/aromatic N) is 5. The van der Waals surface area contributed by atoms with Gasteiger partial charge < -0.3 is 5.73 Å². The second-order valence-electron chi connectivity index (χ2n) is 7.39. The molecule has 5 aromatic rings. The molecule has 0 radical (unpaired) electrons. The second kappa shape index (κ2) is 8.48. The third-order valence-corrected chi connectivity index (χ3v) is 5.65. The largest absolute Gasteiger partial charge is 0.383 e. The Bertz CT molecular complexity index is 1530. The van der Waals surface area contributed by atoms with Crippen molar-refractivity contribution >= 4 is 28.6 Å². The summed E-state index contributed by atoms with van der Waals surface area (Å²) in [6, 6.07) is 18.0. The molecule has 164 valence electrons. The number of nitrogen functional groups attached to an aromatic ring is 1. The molecule has 0 bridgehead atoms. The number of aromatic nitrogens is 5. The van der Waals surface area contributed by atoms with E-state index in [-0.39, 0.29) is 0 Å². The number of hydrogen-bond acceptors (Lipinski definition) is 5. The first-order valence-corrected chi connectivity index (χ1v) is 10.6. The van der Waals surface area contributed by atoms with Crippen LogP contribution in [0, 0.1) is 0 Å². The molecule has 0 aliphatic carbocycles. The zero-order valence-electron chi connectivity index (χ0n) is 17.3. The van der Waals surface area contributed by atoms with Gasteiger partial charge in [-0.2, -0.15) is 0 Å². The Labute approximate surface area is 192 Å². The summed E-state index contributed by atoms with van der Waals surface area (Å²) in [7, 11) is 0. The van der Waals surface area contributed by atoms with Crippen molar-refractivity contribution < 1.29 is 4.39 Å². The van der Waals surface area contributed by atoms with Gasteiger partial charge in [-0.25, -0.2) is 19.3 Å². The number of fused-ring (bicyclic) bond motifs is 1. The van der Waals surface area contributed by atoms with Crippen LogP contribution in [-0.2, 0) is 12.7 Å². The van der Waals surface area contributed by atoms with Crippen molar-refractivity contribution in [3.63, 3.8) is 0 Å². The van der Waals surface area contributed by atoms with E-state index >= 15 is 0 Å². The third kappa shape index (κ3) is 3.74. The molecule has 33 heavy (non-hydrogen) atoms. The number of rotatable bonds is 5. The Morgan fingerprint density at radius 2 is 1.82 bits per heavy atom. The van der Waals surface area contributed by atoms with Crippen molar-refractivity contribution in [2.24, 2.45) is 0 Å². The number of imidazole rings is 1. The zero-order valence-corrected chi connectivity index (χ0v) is 18.1. The van der Waals surface area contributed by atoms with Gasteiger partial charge in [-0.05, 0) is 48.0 Å². The fourth-order valence-corrected chi connectivity index (χ4v) is 3.84. The minimum Gasteiger partial charge on any atom is -0.383 e. The number of anilines is 1. The highest BCUT2D eigenvalue weighted by molar-refractivity contribution is 6.17. The van der Waals surface area contributed by atoms with Gasteiger partial charge in [0.1, 0.15) is 11.3 Å². The van der Waals surface area contributed by atoms with E-state index in [1.165, 1.54) is 12.3 Å². The van der Waals surface area contributed by atoms with Crippen molar-refractivity contribution in [2.45, 2.75) is 12.7 Å². The maximum Gasteiger partial charge on any atom is 0.252 e. The molecule has 0 saturated carbocycles. The van der Waals surface area contributed by atoms with Crippen LogP contribution in [0.5, 0.6) is 0 Å². The normalized spacial score (nSPS) is 11.2. The predicted octanol–water partition coefficient (Wildman–Crippen LogP) is 4.56. The molecule has 0 atom stereocenters. The molecule has 4 heterocycles. The topological polar surface area (TPSA) is 91.6 Å². The molecule has 0 amide bonds. The van der Waals surface area contributed by atoms with E-state index in [2.05, 4.69) is 4.98 Å². The first-order valence-electron chi connectivity index (χ1n) is 10.1. The van der Waals surface area contributed by atoms with Crippen LogP contribution in [0.3, 0.4) is 0 Å².